The Hall–Kier alpha value is -8.22. The highest BCUT2D eigenvalue weighted by Gasteiger charge is 2.44. The van der Waals surface area contributed by atoms with E-state index in [4.69, 9.17) is 42.1 Å². The predicted molar refractivity (Wildman–Crippen MR) is 346 cm³/mol. The number of carbonyl (C=O) groups excluding carboxylic acids is 6. The number of aryl methyl sites for hydroxylation is 2. The lowest BCUT2D eigenvalue weighted by atomic mass is 9.97. The molecule has 0 unspecified atom stereocenters. The summed E-state index contributed by atoms with van der Waals surface area (Å²) >= 11 is 12.3. The van der Waals surface area contributed by atoms with E-state index in [-0.39, 0.29) is 86.8 Å². The summed E-state index contributed by atoms with van der Waals surface area (Å²) in [4.78, 5) is 91.9. The van der Waals surface area contributed by atoms with Crippen LogP contribution in [0.5, 0.6) is 23.0 Å². The zero-order chi connectivity index (χ0) is 65.8. The Kier molecular flexibility index (Phi) is 23.5. The predicted octanol–water partition coefficient (Wildman–Crippen LogP) is 14.7. The van der Waals surface area contributed by atoms with Crippen LogP contribution in [-0.4, -0.2) is 130 Å². The molecule has 2 aliphatic rings. The van der Waals surface area contributed by atoms with Gasteiger partial charge in [-0.05, 0) is 174 Å². The summed E-state index contributed by atoms with van der Waals surface area (Å²) in [6.45, 7) is 23.9. The van der Waals surface area contributed by atoms with Gasteiger partial charge in [-0.1, -0.05) is 88.4 Å². The van der Waals surface area contributed by atoms with E-state index in [0.29, 0.717) is 56.6 Å². The Morgan fingerprint density at radius 1 is 0.489 bits per heavy atom. The molecule has 2 fully saturated rings. The zero-order valence-corrected chi connectivity index (χ0v) is 54.8. The smallest absolute Gasteiger partial charge is 0.410 e. The van der Waals surface area contributed by atoms with Crippen LogP contribution in [0.25, 0.3) is 0 Å². The van der Waals surface area contributed by atoms with Gasteiger partial charge in [0.05, 0.1) is 12.1 Å². The largest absolute Gasteiger partial charge is 0.457 e. The average Bonchev–Trinajstić information content (AvgIpc) is 1.08. The molecule has 480 valence electrons. The fourth-order valence-corrected chi connectivity index (χ4v) is 11.1. The molecule has 6 aromatic carbocycles. The molecule has 0 aliphatic carbocycles. The first-order chi connectivity index (χ1) is 42.6. The van der Waals surface area contributed by atoms with E-state index in [1.54, 1.807) is 56.0 Å². The molecule has 8 rings (SSSR count). The first-order valence-corrected chi connectivity index (χ1v) is 31.2. The highest BCUT2D eigenvalue weighted by Crippen LogP contribution is 2.39. The van der Waals surface area contributed by atoms with E-state index >= 15 is 0 Å². The van der Waals surface area contributed by atoms with Gasteiger partial charge >= 0.3 is 12.2 Å². The molecule has 2 saturated heterocycles. The summed E-state index contributed by atoms with van der Waals surface area (Å²) in [6, 6.07) is 37.2. The van der Waals surface area contributed by atoms with Crippen molar-refractivity contribution in [2.24, 2.45) is 11.8 Å². The van der Waals surface area contributed by atoms with E-state index in [2.05, 4.69) is 0 Å². The number of benzene rings is 6. The average molecular weight is 1280 g/mol. The van der Waals surface area contributed by atoms with Crippen LogP contribution in [0.4, 0.5) is 29.7 Å². The number of carbonyl (C=O) groups is 6. The van der Waals surface area contributed by atoms with Crippen LogP contribution in [0.3, 0.4) is 0 Å². The van der Waals surface area contributed by atoms with Crippen LogP contribution in [-0.2, 0) is 28.7 Å². The van der Waals surface area contributed by atoms with Crippen LogP contribution in [0.15, 0.2) is 146 Å². The number of halogens is 4. The molecule has 4 atom stereocenters. The van der Waals surface area contributed by atoms with Crippen molar-refractivity contribution in [2.45, 2.75) is 118 Å². The maximum atomic E-state index is 14.5. The van der Waals surface area contributed by atoms with Crippen molar-refractivity contribution in [3.05, 3.63) is 179 Å². The Balaban J connectivity index is 0.000000256. The van der Waals surface area contributed by atoms with E-state index < -0.39 is 58.9 Å². The van der Waals surface area contributed by atoms with Crippen molar-refractivity contribution < 1.29 is 56.5 Å². The second-order valence-electron chi connectivity index (χ2n) is 25.0. The minimum Gasteiger partial charge on any atom is -0.457 e. The molecule has 6 amide bonds. The number of para-hydroxylation sites is 2. The quantitative estimate of drug-likeness (QED) is 0.0854. The van der Waals surface area contributed by atoms with Crippen LogP contribution in [0.2, 0.25) is 0 Å². The topological polar surface area (TPSA) is 159 Å². The molecule has 2 aliphatic heterocycles. The maximum Gasteiger partial charge on any atom is 0.410 e. The van der Waals surface area contributed by atoms with Crippen molar-refractivity contribution in [2.75, 3.05) is 60.8 Å². The highest BCUT2D eigenvalue weighted by atomic mass is 35.5. The Bertz CT molecular complexity index is 3210. The molecular formula is C70H82Cl2F2N6O10. The van der Waals surface area contributed by atoms with Crippen molar-refractivity contribution in [3.8, 4) is 23.0 Å². The van der Waals surface area contributed by atoms with Gasteiger partial charge in [-0.15, -0.1) is 23.2 Å². The summed E-state index contributed by atoms with van der Waals surface area (Å²) in [6.07, 6.45) is -0.869. The summed E-state index contributed by atoms with van der Waals surface area (Å²) in [5, 5.41) is 0. The van der Waals surface area contributed by atoms with Crippen molar-refractivity contribution >= 4 is 70.4 Å². The third-order valence-corrected chi connectivity index (χ3v) is 15.6. The van der Waals surface area contributed by atoms with Gasteiger partial charge in [0.25, 0.3) is 11.8 Å². The molecule has 6 aromatic rings. The zero-order valence-electron chi connectivity index (χ0n) is 53.3. The molecule has 20 heteroatoms. The van der Waals surface area contributed by atoms with E-state index in [0.717, 1.165) is 0 Å². The van der Waals surface area contributed by atoms with Crippen molar-refractivity contribution in [1.29, 1.82) is 0 Å². The number of rotatable bonds is 16. The molecule has 0 spiro atoms. The van der Waals surface area contributed by atoms with Gasteiger partial charge in [-0.3, -0.25) is 29.0 Å². The Morgan fingerprint density at radius 2 is 0.822 bits per heavy atom. The molecule has 2 heterocycles. The first kappa shape index (κ1) is 69.3. The Labute approximate surface area is 537 Å². The number of nitrogens with zero attached hydrogens (tertiary/aromatic N) is 6. The van der Waals surface area contributed by atoms with E-state index in [1.807, 2.05) is 144 Å². The number of ether oxygens (including phenoxy) is 4. The van der Waals surface area contributed by atoms with Crippen LogP contribution >= 0.6 is 23.2 Å². The second kappa shape index (κ2) is 30.5. The SMILES string of the molecule is Cc1cc(Oc2ccccc2)ccc1N(C(=O)CCl)[C@@H](C(=O)N1CCN(C(=O)OC(C)(C)C)[C@@H](C(C)C)C1)c1ccc(F)cc1.Cc1cc(Oc2ccccc2)ccc1N(C(=O)CCl)[C@H](C(=O)N1CCN(C(=O)OC(C)(C)C)[C@@H](C(C)C)C1)c1ccc(F)cc1. The lowest BCUT2D eigenvalue weighted by molar-refractivity contribution is -0.138. The van der Waals surface area contributed by atoms with Gasteiger partial charge in [0.1, 0.15) is 69.7 Å². The third-order valence-electron chi connectivity index (χ3n) is 15.2. The molecule has 16 nitrogen and oxygen atoms in total. The first-order valence-electron chi connectivity index (χ1n) is 30.1. The summed E-state index contributed by atoms with van der Waals surface area (Å²) < 4.78 is 51.4. The van der Waals surface area contributed by atoms with Crippen LogP contribution in [0, 0.1) is 37.3 Å². The monoisotopic (exact) mass is 1270 g/mol. The normalized spacial score (nSPS) is 15.9. The van der Waals surface area contributed by atoms with Crippen molar-refractivity contribution in [3.63, 3.8) is 0 Å². The third kappa shape index (κ3) is 18.0. The minimum atomic E-state index is -1.14. The molecular weight excluding hydrogens is 1190 g/mol. The standard InChI is InChI=1S/2C35H41ClFN3O5/c2*1-23(2)30-22-38(18-19-39(30)34(43)45-35(4,5)6)33(42)32(25-12-14-26(37)15-13-25)40(31(41)21-36)29-17-16-28(20-24(29)3)44-27-10-8-7-9-11-27/h2*7-17,20,23,30,32H,18-19,21-22H2,1-6H3/t30-,32+;30-,32-/m11/s1. The second-order valence-corrected chi connectivity index (χ2v) is 25.5. The van der Waals surface area contributed by atoms with Crippen LogP contribution < -0.4 is 19.3 Å². The molecule has 0 bridgehead atoms. The van der Waals surface area contributed by atoms with Gasteiger partial charge in [-0.25, -0.2) is 18.4 Å². The summed E-state index contributed by atoms with van der Waals surface area (Å²) in [5.74, 6) is -0.959. The maximum absolute atomic E-state index is 14.5. The van der Waals surface area contributed by atoms with Gasteiger partial charge < -0.3 is 38.5 Å². The van der Waals surface area contributed by atoms with E-state index in [9.17, 15) is 37.5 Å². The molecule has 0 N–H and O–H groups in total. The van der Waals surface area contributed by atoms with Gasteiger partial charge in [0.15, 0.2) is 0 Å². The lowest BCUT2D eigenvalue weighted by Gasteiger charge is -2.45. The lowest BCUT2D eigenvalue weighted by Crippen LogP contribution is -2.60. The highest BCUT2D eigenvalue weighted by molar-refractivity contribution is 6.30. The minimum absolute atomic E-state index is 0.0115. The van der Waals surface area contributed by atoms with Gasteiger partial charge in [0, 0.05) is 50.6 Å². The van der Waals surface area contributed by atoms with Crippen LogP contribution in [0.1, 0.15) is 104 Å². The molecule has 0 aromatic heterocycles. The molecule has 0 saturated carbocycles. The molecule has 90 heavy (non-hydrogen) atoms. The number of piperazine rings is 2. The Morgan fingerprint density at radius 3 is 1.11 bits per heavy atom. The van der Waals surface area contributed by atoms with E-state index in [1.165, 1.54) is 58.3 Å². The number of amides is 6. The number of hydrogen-bond donors (Lipinski definition) is 0. The fraction of sp³-hybridized carbons (Fsp3) is 0.400. The van der Waals surface area contributed by atoms with Gasteiger partial charge in [0.2, 0.25) is 11.8 Å². The molecule has 0 radical (unpaired) electrons. The van der Waals surface area contributed by atoms with Gasteiger partial charge in [-0.2, -0.15) is 0 Å². The summed E-state index contributed by atoms with van der Waals surface area (Å²) in [5.41, 5.74) is 1.82. The number of hydrogen-bond acceptors (Lipinski definition) is 10. The van der Waals surface area contributed by atoms with Crippen molar-refractivity contribution in [1.82, 2.24) is 19.6 Å². The fourth-order valence-electron chi connectivity index (χ4n) is 10.8. The summed E-state index contributed by atoms with van der Waals surface area (Å²) in [7, 11) is 0. The number of alkyl halides is 2. The number of anilines is 2.